The van der Waals surface area contributed by atoms with E-state index in [0.717, 1.165) is 0 Å². The Labute approximate surface area is 123 Å². The van der Waals surface area contributed by atoms with E-state index in [1.807, 2.05) is 0 Å². The Morgan fingerprint density at radius 2 is 1.95 bits per heavy atom. The first-order valence-corrected chi connectivity index (χ1v) is 6.97. The number of carbonyl (C=O) groups excluding carboxylic acids is 4. The zero-order chi connectivity index (χ0) is 16.0. The summed E-state index contributed by atoms with van der Waals surface area (Å²) in [5.74, 6) is -2.27. The Balaban J connectivity index is 2.52. The minimum atomic E-state index is -0.851. The van der Waals surface area contributed by atoms with Gasteiger partial charge in [0.1, 0.15) is 6.04 Å². The maximum atomic E-state index is 12.0. The number of nitrogens with one attached hydrogen (secondary N) is 2. The van der Waals surface area contributed by atoms with Gasteiger partial charge >= 0.3 is 0 Å². The van der Waals surface area contributed by atoms with Crippen molar-refractivity contribution in [3.63, 3.8) is 0 Å². The number of likely N-dealkylation sites (tertiary alicyclic amines) is 1. The zero-order valence-electron chi connectivity index (χ0n) is 12.3. The number of rotatable bonds is 6. The number of hydrogen-bond acceptors (Lipinski definition) is 5. The summed E-state index contributed by atoms with van der Waals surface area (Å²) in [6, 6.07) is -0.813. The van der Waals surface area contributed by atoms with E-state index in [0.29, 0.717) is 19.4 Å². The number of nitrogens with zero attached hydrogens (tertiary/aromatic N) is 1. The van der Waals surface area contributed by atoms with Gasteiger partial charge in [-0.05, 0) is 26.7 Å². The fourth-order valence-corrected chi connectivity index (χ4v) is 2.23. The molecule has 1 aliphatic heterocycles. The first-order chi connectivity index (χ1) is 9.86. The molecule has 118 valence electrons. The lowest BCUT2D eigenvalue weighted by Crippen LogP contribution is -2.50. The molecule has 0 aromatic heterocycles. The Kier molecular flexibility index (Phi) is 6.29. The van der Waals surface area contributed by atoms with Crippen molar-refractivity contribution in [2.75, 3.05) is 19.6 Å². The van der Waals surface area contributed by atoms with Crippen LogP contribution in [0.25, 0.3) is 0 Å². The molecule has 4 N–H and O–H groups in total. The number of amides is 3. The maximum absolute atomic E-state index is 12.0. The molecular weight excluding hydrogens is 276 g/mol. The molecule has 1 unspecified atom stereocenters. The van der Waals surface area contributed by atoms with E-state index in [9.17, 15) is 19.2 Å². The normalized spacial score (nSPS) is 17.7. The van der Waals surface area contributed by atoms with Gasteiger partial charge in [0.2, 0.25) is 17.6 Å². The second-order valence-corrected chi connectivity index (χ2v) is 5.22. The van der Waals surface area contributed by atoms with Crippen molar-refractivity contribution in [2.45, 2.75) is 38.8 Å². The van der Waals surface area contributed by atoms with Crippen LogP contribution in [-0.2, 0) is 19.2 Å². The lowest BCUT2D eigenvalue weighted by Gasteiger charge is -2.22. The summed E-state index contributed by atoms with van der Waals surface area (Å²) in [5, 5.41) is 4.87. The summed E-state index contributed by atoms with van der Waals surface area (Å²) in [6.07, 6.45) is 1.10. The Bertz CT molecular complexity index is 436. The zero-order valence-corrected chi connectivity index (χ0v) is 12.3. The van der Waals surface area contributed by atoms with Gasteiger partial charge in [-0.3, -0.25) is 19.2 Å². The summed E-state index contributed by atoms with van der Waals surface area (Å²) in [7, 11) is 0. The van der Waals surface area contributed by atoms with Gasteiger partial charge in [0, 0.05) is 12.6 Å². The van der Waals surface area contributed by atoms with Crippen LogP contribution in [0.2, 0.25) is 0 Å². The van der Waals surface area contributed by atoms with E-state index in [4.69, 9.17) is 5.73 Å². The molecule has 0 aromatic carbocycles. The summed E-state index contributed by atoms with van der Waals surface area (Å²) >= 11 is 0. The van der Waals surface area contributed by atoms with Crippen LogP contribution in [0.1, 0.15) is 26.7 Å². The van der Waals surface area contributed by atoms with Crippen LogP contribution in [0, 0.1) is 0 Å². The molecule has 0 bridgehead atoms. The van der Waals surface area contributed by atoms with Gasteiger partial charge in [-0.2, -0.15) is 0 Å². The molecule has 1 rings (SSSR count). The van der Waals surface area contributed by atoms with E-state index in [-0.39, 0.29) is 30.9 Å². The molecule has 1 saturated heterocycles. The minimum absolute atomic E-state index is 0.0439. The van der Waals surface area contributed by atoms with E-state index in [1.165, 1.54) is 4.90 Å². The van der Waals surface area contributed by atoms with Gasteiger partial charge in [0.05, 0.1) is 13.1 Å². The molecule has 1 aliphatic rings. The quantitative estimate of drug-likeness (QED) is 0.497. The molecule has 21 heavy (non-hydrogen) atoms. The summed E-state index contributed by atoms with van der Waals surface area (Å²) in [5.41, 5.74) is 5.28. The fourth-order valence-electron chi connectivity index (χ4n) is 2.23. The van der Waals surface area contributed by atoms with Crippen molar-refractivity contribution in [3.8, 4) is 0 Å². The van der Waals surface area contributed by atoms with E-state index in [1.54, 1.807) is 13.8 Å². The topological polar surface area (TPSA) is 122 Å². The van der Waals surface area contributed by atoms with Crippen LogP contribution in [0.15, 0.2) is 0 Å². The highest BCUT2D eigenvalue weighted by molar-refractivity contribution is 6.38. The molecule has 0 aromatic rings. The van der Waals surface area contributed by atoms with Crippen molar-refractivity contribution in [1.82, 2.24) is 15.5 Å². The minimum Gasteiger partial charge on any atom is -0.352 e. The van der Waals surface area contributed by atoms with Gasteiger partial charge in [0.25, 0.3) is 5.91 Å². The van der Waals surface area contributed by atoms with Crippen LogP contribution in [0.5, 0.6) is 0 Å². The number of nitrogens with two attached hydrogens (primary N) is 1. The highest BCUT2D eigenvalue weighted by Crippen LogP contribution is 2.17. The van der Waals surface area contributed by atoms with Crippen LogP contribution >= 0.6 is 0 Å². The SMILES string of the molecule is CC(C)NC(=O)CNC(=O)C(=O)C1CCCN1C(=O)CN. The highest BCUT2D eigenvalue weighted by Gasteiger charge is 2.36. The number of ketones is 1. The third kappa shape index (κ3) is 4.82. The van der Waals surface area contributed by atoms with E-state index >= 15 is 0 Å². The highest BCUT2D eigenvalue weighted by atomic mass is 16.2. The van der Waals surface area contributed by atoms with Crippen LogP contribution in [0.3, 0.4) is 0 Å². The average Bonchev–Trinajstić information content (AvgIpc) is 2.91. The van der Waals surface area contributed by atoms with Crippen molar-refractivity contribution >= 4 is 23.5 Å². The largest absolute Gasteiger partial charge is 0.352 e. The second kappa shape index (κ2) is 7.72. The molecule has 0 spiro atoms. The van der Waals surface area contributed by atoms with Crippen molar-refractivity contribution in [1.29, 1.82) is 0 Å². The molecule has 1 heterocycles. The summed E-state index contributed by atoms with van der Waals surface area (Å²) in [6.45, 7) is 3.55. The van der Waals surface area contributed by atoms with Crippen LogP contribution in [0.4, 0.5) is 0 Å². The van der Waals surface area contributed by atoms with Gasteiger partial charge in [-0.1, -0.05) is 0 Å². The first-order valence-electron chi connectivity index (χ1n) is 6.97. The number of Topliss-reactive ketones (excluding diaryl/α,β-unsaturated/α-hetero) is 1. The predicted octanol–water partition coefficient (Wildman–Crippen LogP) is -1.85. The molecule has 1 fully saturated rings. The molecule has 3 amide bonds. The molecule has 0 aliphatic carbocycles. The standard InChI is InChI=1S/C13H22N4O4/c1-8(2)16-10(18)7-15-13(21)12(20)9-4-3-5-17(9)11(19)6-14/h8-9H,3-7,14H2,1-2H3,(H,15,21)(H,16,18). The Morgan fingerprint density at radius 1 is 1.29 bits per heavy atom. The third-order valence-corrected chi connectivity index (χ3v) is 3.13. The Hall–Kier alpha value is -1.96. The number of carbonyl (C=O) groups is 4. The first kappa shape index (κ1) is 17.1. The molecule has 8 nitrogen and oxygen atoms in total. The molecule has 8 heteroatoms. The summed E-state index contributed by atoms with van der Waals surface area (Å²) in [4.78, 5) is 48.1. The number of hydrogen-bond donors (Lipinski definition) is 3. The van der Waals surface area contributed by atoms with Crippen molar-refractivity contribution in [2.24, 2.45) is 5.73 Å². The lowest BCUT2D eigenvalue weighted by molar-refractivity contribution is -0.144. The van der Waals surface area contributed by atoms with E-state index in [2.05, 4.69) is 10.6 Å². The molecule has 0 saturated carbocycles. The average molecular weight is 298 g/mol. The van der Waals surface area contributed by atoms with Gasteiger partial charge < -0.3 is 21.3 Å². The predicted molar refractivity (Wildman–Crippen MR) is 75.1 cm³/mol. The second-order valence-electron chi connectivity index (χ2n) is 5.22. The van der Waals surface area contributed by atoms with Gasteiger partial charge in [-0.15, -0.1) is 0 Å². The lowest BCUT2D eigenvalue weighted by atomic mass is 10.1. The van der Waals surface area contributed by atoms with Crippen LogP contribution in [-0.4, -0.2) is 60.1 Å². The Morgan fingerprint density at radius 3 is 2.52 bits per heavy atom. The third-order valence-electron chi connectivity index (χ3n) is 3.13. The van der Waals surface area contributed by atoms with Gasteiger partial charge in [0.15, 0.2) is 0 Å². The van der Waals surface area contributed by atoms with E-state index < -0.39 is 17.7 Å². The fraction of sp³-hybridized carbons (Fsp3) is 0.692. The molecule has 0 radical (unpaired) electrons. The van der Waals surface area contributed by atoms with Crippen LogP contribution < -0.4 is 16.4 Å². The van der Waals surface area contributed by atoms with Crippen molar-refractivity contribution < 1.29 is 19.2 Å². The molecule has 1 atom stereocenters. The van der Waals surface area contributed by atoms with Gasteiger partial charge in [-0.25, -0.2) is 0 Å². The molecular formula is C13H22N4O4. The monoisotopic (exact) mass is 298 g/mol. The smallest absolute Gasteiger partial charge is 0.290 e. The van der Waals surface area contributed by atoms with Crippen molar-refractivity contribution in [3.05, 3.63) is 0 Å². The maximum Gasteiger partial charge on any atom is 0.290 e. The summed E-state index contributed by atoms with van der Waals surface area (Å²) < 4.78 is 0.